The number of rotatable bonds is 9. The highest BCUT2D eigenvalue weighted by Crippen LogP contribution is 2.42. The van der Waals surface area contributed by atoms with Gasteiger partial charge < -0.3 is 14.4 Å². The predicted molar refractivity (Wildman–Crippen MR) is 143 cm³/mol. The van der Waals surface area contributed by atoms with Gasteiger partial charge in [0.25, 0.3) is 0 Å². The lowest BCUT2D eigenvalue weighted by Crippen LogP contribution is -2.43. The van der Waals surface area contributed by atoms with Crippen molar-refractivity contribution in [2.75, 3.05) is 38.3 Å². The summed E-state index contributed by atoms with van der Waals surface area (Å²) in [5.74, 6) is 0.461. The normalized spacial score (nSPS) is 21.7. The van der Waals surface area contributed by atoms with Crippen LogP contribution in [0.3, 0.4) is 0 Å². The van der Waals surface area contributed by atoms with E-state index in [4.69, 9.17) is 9.47 Å². The first-order valence-corrected chi connectivity index (χ1v) is 13.2. The maximum absolute atomic E-state index is 13.3. The Balaban J connectivity index is 1.54. The molecule has 1 saturated carbocycles. The summed E-state index contributed by atoms with van der Waals surface area (Å²) in [6.07, 6.45) is 4.69. The molecular formula is C26H30N6O5S. The highest BCUT2D eigenvalue weighted by molar-refractivity contribution is 8.04. The van der Waals surface area contributed by atoms with Crippen molar-refractivity contribution in [3.8, 4) is 6.07 Å². The number of morpholine rings is 1. The Morgan fingerprint density at radius 2 is 2.29 bits per heavy atom. The molecule has 2 fully saturated rings. The molecule has 1 saturated heterocycles. The molecule has 2 unspecified atom stereocenters. The zero-order valence-corrected chi connectivity index (χ0v) is 22.3. The molecule has 1 aromatic rings. The van der Waals surface area contributed by atoms with E-state index in [1.165, 1.54) is 16.7 Å². The van der Waals surface area contributed by atoms with Gasteiger partial charge in [-0.15, -0.1) is 11.8 Å². The fraction of sp³-hybridized carbons (Fsp3) is 0.462. The monoisotopic (exact) mass is 538 g/mol. The summed E-state index contributed by atoms with van der Waals surface area (Å²) >= 11 is 1.51. The number of nitrogens with zero attached hydrogens (tertiary/aromatic N) is 5. The molecule has 2 aliphatic heterocycles. The average Bonchev–Trinajstić information content (AvgIpc) is 3.70. The van der Waals surface area contributed by atoms with Crippen LogP contribution in [0.2, 0.25) is 0 Å². The highest BCUT2D eigenvalue weighted by atomic mass is 32.2. The first-order chi connectivity index (χ1) is 18.4. The fourth-order valence-electron chi connectivity index (χ4n) is 4.30. The maximum atomic E-state index is 13.3. The van der Waals surface area contributed by atoms with Crippen LogP contribution in [0.1, 0.15) is 41.4 Å². The quantitative estimate of drug-likeness (QED) is 0.219. The van der Waals surface area contributed by atoms with Gasteiger partial charge in [0.15, 0.2) is 6.29 Å². The SMILES string of the molecule is C=N/C(=C\C(SC1CC1OC)=C(/C)C#N)NC(=O)N1CCCc2cc(CN3CCOCC3=O)c(C=O)nc21. The first-order valence-electron chi connectivity index (χ1n) is 12.3. The van der Waals surface area contributed by atoms with Gasteiger partial charge >= 0.3 is 6.03 Å². The van der Waals surface area contributed by atoms with Crippen molar-refractivity contribution in [3.05, 3.63) is 45.3 Å². The first kappa shape index (κ1) is 27.5. The van der Waals surface area contributed by atoms with Gasteiger partial charge in [-0.25, -0.2) is 14.8 Å². The van der Waals surface area contributed by atoms with Crippen LogP contribution in [0.5, 0.6) is 0 Å². The molecule has 0 aromatic carbocycles. The number of nitrogens with one attached hydrogen (secondary N) is 1. The predicted octanol–water partition coefficient (Wildman–Crippen LogP) is 2.58. The van der Waals surface area contributed by atoms with Gasteiger partial charge in [0.05, 0.1) is 18.8 Å². The number of aldehydes is 1. The smallest absolute Gasteiger partial charge is 0.328 e. The summed E-state index contributed by atoms with van der Waals surface area (Å²) in [6.45, 7) is 6.85. The van der Waals surface area contributed by atoms with Gasteiger partial charge in [0.2, 0.25) is 5.91 Å². The topological polar surface area (TPSA) is 137 Å². The van der Waals surface area contributed by atoms with E-state index in [2.05, 4.69) is 28.1 Å². The highest BCUT2D eigenvalue weighted by Gasteiger charge is 2.39. The molecule has 0 spiro atoms. The molecular weight excluding hydrogens is 508 g/mol. The van der Waals surface area contributed by atoms with Crippen molar-refractivity contribution in [3.63, 3.8) is 0 Å². The third-order valence-electron chi connectivity index (χ3n) is 6.54. The number of amides is 3. The number of aromatic nitrogens is 1. The van der Waals surface area contributed by atoms with E-state index in [0.717, 1.165) is 12.0 Å². The van der Waals surface area contributed by atoms with E-state index in [1.54, 1.807) is 25.0 Å². The van der Waals surface area contributed by atoms with Crippen LogP contribution >= 0.6 is 11.8 Å². The molecule has 0 radical (unpaired) electrons. The van der Waals surface area contributed by atoms with Gasteiger partial charge in [-0.1, -0.05) is 0 Å². The van der Waals surface area contributed by atoms with Crippen molar-refractivity contribution in [2.24, 2.45) is 4.99 Å². The number of hydrogen-bond donors (Lipinski definition) is 1. The number of nitriles is 1. The number of aryl methyl sites for hydroxylation is 1. The third kappa shape index (κ3) is 6.30. The number of pyridine rings is 1. The van der Waals surface area contributed by atoms with Crippen LogP contribution in [-0.4, -0.2) is 79.6 Å². The number of hydrogen-bond acceptors (Lipinski definition) is 9. The Bertz CT molecular complexity index is 1240. The minimum atomic E-state index is -0.467. The van der Waals surface area contributed by atoms with Crippen molar-refractivity contribution in [1.82, 2.24) is 15.2 Å². The summed E-state index contributed by atoms with van der Waals surface area (Å²) in [5.41, 5.74) is 2.14. The number of thioether (sulfide) groups is 1. The molecule has 12 heteroatoms. The van der Waals surface area contributed by atoms with Crippen molar-refractivity contribution in [2.45, 2.75) is 44.1 Å². The number of carbonyl (C=O) groups excluding carboxylic acids is 3. The lowest BCUT2D eigenvalue weighted by atomic mass is 10.0. The van der Waals surface area contributed by atoms with Crippen molar-refractivity contribution >= 4 is 42.5 Å². The van der Waals surface area contributed by atoms with E-state index in [9.17, 15) is 19.6 Å². The van der Waals surface area contributed by atoms with E-state index in [-0.39, 0.29) is 41.9 Å². The lowest BCUT2D eigenvalue weighted by molar-refractivity contribution is -0.143. The second kappa shape index (κ2) is 12.3. The number of aliphatic imine (C=N–C) groups is 1. The zero-order chi connectivity index (χ0) is 27.2. The van der Waals surface area contributed by atoms with Gasteiger partial charge in [-0.2, -0.15) is 5.26 Å². The summed E-state index contributed by atoms with van der Waals surface area (Å²) in [7, 11) is 1.66. The Morgan fingerprint density at radius 1 is 1.47 bits per heavy atom. The average molecular weight is 539 g/mol. The molecule has 1 aliphatic carbocycles. The number of urea groups is 1. The molecule has 1 N–H and O–H groups in total. The Morgan fingerprint density at radius 3 is 2.95 bits per heavy atom. The van der Waals surface area contributed by atoms with Crippen LogP contribution in [0.15, 0.2) is 33.4 Å². The van der Waals surface area contributed by atoms with Crippen LogP contribution in [0.25, 0.3) is 0 Å². The van der Waals surface area contributed by atoms with E-state index in [0.29, 0.717) is 60.7 Å². The number of ether oxygens (including phenoxy) is 2. The second-order valence-corrected chi connectivity index (χ2v) is 10.4. The Labute approximate surface area is 225 Å². The molecule has 0 bridgehead atoms. The molecule has 1 aromatic heterocycles. The maximum Gasteiger partial charge on any atom is 0.328 e. The minimum Gasteiger partial charge on any atom is -0.380 e. The Hall–Kier alpha value is -3.53. The fourth-order valence-corrected chi connectivity index (χ4v) is 5.58. The molecule has 3 amide bonds. The van der Waals surface area contributed by atoms with E-state index < -0.39 is 6.03 Å². The standard InChI is InChI=1S/C26H30N6O5S/c1-16(12-27)21(38-22-10-20(22)36-3)11-23(28-2)30-26(35)32-6-4-5-17-9-18(19(14-33)29-25(17)32)13-31-7-8-37-15-24(31)34/h9,11,14,20,22H,2,4-8,10,13,15H2,1,3H3,(H,30,35)/b21-16-,23-11+. The van der Waals surface area contributed by atoms with E-state index >= 15 is 0 Å². The molecule has 38 heavy (non-hydrogen) atoms. The largest absolute Gasteiger partial charge is 0.380 e. The van der Waals surface area contributed by atoms with Gasteiger partial charge in [-0.05, 0) is 50.6 Å². The molecule has 3 heterocycles. The number of carbonyl (C=O) groups is 3. The molecule has 3 aliphatic rings. The van der Waals surface area contributed by atoms with Gasteiger partial charge in [0, 0.05) is 48.0 Å². The number of allylic oxidation sites excluding steroid dienone is 2. The molecule has 4 rings (SSSR count). The molecule has 200 valence electrons. The summed E-state index contributed by atoms with van der Waals surface area (Å²) in [4.78, 5) is 49.7. The van der Waals surface area contributed by atoms with Crippen molar-refractivity contribution < 1.29 is 23.9 Å². The van der Waals surface area contributed by atoms with Crippen molar-refractivity contribution in [1.29, 1.82) is 5.26 Å². The van der Waals surface area contributed by atoms with Gasteiger partial charge in [0.1, 0.15) is 23.9 Å². The lowest BCUT2D eigenvalue weighted by Gasteiger charge is -2.31. The number of fused-ring (bicyclic) bond motifs is 1. The Kier molecular flexibility index (Phi) is 8.93. The summed E-state index contributed by atoms with van der Waals surface area (Å²) in [6, 6.07) is 3.54. The van der Waals surface area contributed by atoms with Crippen LogP contribution < -0.4 is 10.2 Å². The number of anilines is 1. The molecule has 2 atom stereocenters. The van der Waals surface area contributed by atoms with Crippen LogP contribution in [-0.2, 0) is 27.2 Å². The van der Waals surface area contributed by atoms with Crippen LogP contribution in [0, 0.1) is 11.3 Å². The summed E-state index contributed by atoms with van der Waals surface area (Å²) in [5, 5.41) is 12.4. The second-order valence-electron chi connectivity index (χ2n) is 9.14. The van der Waals surface area contributed by atoms with E-state index in [1.807, 2.05) is 6.07 Å². The number of methoxy groups -OCH3 is 1. The van der Waals surface area contributed by atoms with Gasteiger partial charge in [-0.3, -0.25) is 19.8 Å². The zero-order valence-electron chi connectivity index (χ0n) is 21.4. The minimum absolute atomic E-state index is 0.0207. The van der Waals surface area contributed by atoms with Crippen LogP contribution in [0.4, 0.5) is 10.6 Å². The summed E-state index contributed by atoms with van der Waals surface area (Å²) < 4.78 is 10.5. The molecule has 11 nitrogen and oxygen atoms in total. The third-order valence-corrected chi connectivity index (χ3v) is 8.02.